The first-order valence-electron chi connectivity index (χ1n) is 7.31. The minimum Gasteiger partial charge on any atom is -0.481 e. The van der Waals surface area contributed by atoms with Crippen LogP contribution < -0.4 is 0 Å². The zero-order valence-electron chi connectivity index (χ0n) is 12.0. The van der Waals surface area contributed by atoms with E-state index >= 15 is 0 Å². The fourth-order valence-corrected chi connectivity index (χ4v) is 1.70. The summed E-state index contributed by atoms with van der Waals surface area (Å²) in [6.07, 6.45) is 7.35. The zero-order chi connectivity index (χ0) is 15.1. The van der Waals surface area contributed by atoms with E-state index in [0.29, 0.717) is 26.1 Å². The van der Waals surface area contributed by atoms with Crippen molar-refractivity contribution in [3.63, 3.8) is 0 Å². The van der Waals surface area contributed by atoms with Gasteiger partial charge in [0.15, 0.2) is 0 Å². The molecule has 0 aromatic heterocycles. The monoisotopic (exact) mass is 290 g/mol. The van der Waals surface area contributed by atoms with Crippen LogP contribution in [0.2, 0.25) is 0 Å². The molecule has 0 saturated carbocycles. The molecule has 6 nitrogen and oxygen atoms in total. The molecule has 0 heterocycles. The molecule has 0 saturated heterocycles. The first-order chi connectivity index (χ1) is 9.63. The number of rotatable bonds is 15. The van der Waals surface area contributed by atoms with Crippen LogP contribution in [0.4, 0.5) is 0 Å². The van der Waals surface area contributed by atoms with Crippen LogP contribution in [0.1, 0.15) is 64.2 Å². The van der Waals surface area contributed by atoms with E-state index in [-0.39, 0.29) is 12.8 Å². The molecular formula is C14H26O6. The maximum absolute atomic E-state index is 10.3. The summed E-state index contributed by atoms with van der Waals surface area (Å²) in [6.45, 7) is 1.07. The maximum atomic E-state index is 10.3. The van der Waals surface area contributed by atoms with E-state index in [1.54, 1.807) is 0 Å². The predicted molar refractivity (Wildman–Crippen MR) is 73.3 cm³/mol. The van der Waals surface area contributed by atoms with Gasteiger partial charge in [0.2, 0.25) is 0 Å². The lowest BCUT2D eigenvalue weighted by molar-refractivity contribution is -0.295. The Labute approximate surface area is 120 Å². The maximum Gasteiger partial charge on any atom is 0.303 e. The van der Waals surface area contributed by atoms with Crippen molar-refractivity contribution >= 4 is 11.9 Å². The number of carboxylic acid groups (broad SMARTS) is 2. The van der Waals surface area contributed by atoms with Crippen LogP contribution in [0, 0.1) is 0 Å². The highest BCUT2D eigenvalue weighted by atomic mass is 17.2. The molecule has 0 unspecified atom stereocenters. The summed E-state index contributed by atoms with van der Waals surface area (Å²) in [6, 6.07) is 0. The number of unbranched alkanes of at least 4 members (excludes halogenated alkanes) is 6. The average Bonchev–Trinajstić information content (AvgIpc) is 2.38. The van der Waals surface area contributed by atoms with Crippen molar-refractivity contribution in [1.82, 2.24) is 0 Å². The fourth-order valence-electron chi connectivity index (χ4n) is 1.70. The van der Waals surface area contributed by atoms with Crippen LogP contribution in [0.3, 0.4) is 0 Å². The van der Waals surface area contributed by atoms with Crippen LogP contribution in [0.25, 0.3) is 0 Å². The molecule has 20 heavy (non-hydrogen) atoms. The normalized spacial score (nSPS) is 10.6. The van der Waals surface area contributed by atoms with Crippen molar-refractivity contribution in [2.45, 2.75) is 64.2 Å². The second-order valence-corrected chi connectivity index (χ2v) is 4.76. The van der Waals surface area contributed by atoms with Gasteiger partial charge in [-0.2, -0.15) is 0 Å². The van der Waals surface area contributed by atoms with E-state index in [1.807, 2.05) is 0 Å². The van der Waals surface area contributed by atoms with Crippen molar-refractivity contribution in [2.24, 2.45) is 0 Å². The second-order valence-electron chi connectivity index (χ2n) is 4.76. The van der Waals surface area contributed by atoms with E-state index in [1.165, 1.54) is 0 Å². The molecule has 0 aliphatic heterocycles. The Hall–Kier alpha value is -1.14. The van der Waals surface area contributed by atoms with Crippen molar-refractivity contribution in [2.75, 3.05) is 13.2 Å². The van der Waals surface area contributed by atoms with Gasteiger partial charge in [-0.05, 0) is 25.7 Å². The summed E-state index contributed by atoms with van der Waals surface area (Å²) in [5, 5.41) is 16.9. The molecule has 0 spiro atoms. The molecule has 0 rings (SSSR count). The first kappa shape index (κ1) is 18.9. The standard InChI is InChI=1S/C14H26O6/c15-13(16)9-5-1-3-7-11-19-20-12-8-4-2-6-10-14(17)18/h1-12H2,(H,15,16)(H,17,18). The highest BCUT2D eigenvalue weighted by molar-refractivity contribution is 5.66. The molecule has 2 N–H and O–H groups in total. The SMILES string of the molecule is O=C(O)CCCCCCOOCCCCCCC(=O)O. The highest BCUT2D eigenvalue weighted by Gasteiger charge is 1.98. The minimum absolute atomic E-state index is 0.235. The Morgan fingerprint density at radius 1 is 0.600 bits per heavy atom. The fraction of sp³-hybridized carbons (Fsp3) is 0.857. The Kier molecular flexibility index (Phi) is 13.5. The molecule has 0 radical (unpaired) electrons. The molecule has 0 aromatic rings. The molecule has 0 fully saturated rings. The van der Waals surface area contributed by atoms with E-state index in [2.05, 4.69) is 0 Å². The largest absolute Gasteiger partial charge is 0.481 e. The predicted octanol–water partition coefficient (Wildman–Crippen LogP) is 3.00. The van der Waals surface area contributed by atoms with Gasteiger partial charge in [0, 0.05) is 12.8 Å². The molecule has 0 aliphatic rings. The van der Waals surface area contributed by atoms with E-state index < -0.39 is 11.9 Å². The Morgan fingerprint density at radius 2 is 0.950 bits per heavy atom. The van der Waals surface area contributed by atoms with Gasteiger partial charge in [-0.15, -0.1) is 0 Å². The Bertz CT molecular complexity index is 228. The summed E-state index contributed by atoms with van der Waals surface area (Å²) < 4.78 is 0. The molecular weight excluding hydrogens is 264 g/mol. The van der Waals surface area contributed by atoms with Crippen LogP contribution in [0.15, 0.2) is 0 Å². The highest BCUT2D eigenvalue weighted by Crippen LogP contribution is 2.05. The van der Waals surface area contributed by atoms with Gasteiger partial charge in [0.05, 0.1) is 13.2 Å². The van der Waals surface area contributed by atoms with Crippen LogP contribution >= 0.6 is 0 Å². The second kappa shape index (κ2) is 14.3. The Balaban J connectivity index is 2.99. The minimum atomic E-state index is -0.743. The number of carbonyl (C=O) groups is 2. The molecule has 0 amide bonds. The van der Waals surface area contributed by atoms with Gasteiger partial charge >= 0.3 is 11.9 Å². The van der Waals surface area contributed by atoms with Crippen molar-refractivity contribution < 1.29 is 29.6 Å². The van der Waals surface area contributed by atoms with Gasteiger partial charge in [-0.1, -0.05) is 25.7 Å². The summed E-state index contributed by atoms with van der Waals surface area (Å²) >= 11 is 0. The van der Waals surface area contributed by atoms with Crippen LogP contribution in [-0.2, 0) is 19.4 Å². The van der Waals surface area contributed by atoms with Crippen molar-refractivity contribution in [1.29, 1.82) is 0 Å². The van der Waals surface area contributed by atoms with E-state index in [0.717, 1.165) is 38.5 Å². The zero-order valence-corrected chi connectivity index (χ0v) is 12.0. The summed E-state index contributed by atoms with van der Waals surface area (Å²) in [5.74, 6) is -1.49. The number of hydrogen-bond donors (Lipinski definition) is 2. The lowest BCUT2D eigenvalue weighted by Crippen LogP contribution is -2.00. The average molecular weight is 290 g/mol. The molecule has 0 atom stereocenters. The van der Waals surface area contributed by atoms with Crippen LogP contribution in [-0.4, -0.2) is 35.4 Å². The smallest absolute Gasteiger partial charge is 0.303 e. The molecule has 0 bridgehead atoms. The lowest BCUT2D eigenvalue weighted by atomic mass is 10.1. The van der Waals surface area contributed by atoms with Gasteiger partial charge in [-0.3, -0.25) is 9.59 Å². The molecule has 6 heteroatoms. The van der Waals surface area contributed by atoms with E-state index in [9.17, 15) is 9.59 Å². The quantitative estimate of drug-likeness (QED) is 0.273. The molecule has 0 aromatic carbocycles. The summed E-state index contributed by atoms with van der Waals surface area (Å²) in [4.78, 5) is 30.5. The summed E-state index contributed by atoms with van der Waals surface area (Å²) in [5.41, 5.74) is 0. The number of carboxylic acids is 2. The number of aliphatic carboxylic acids is 2. The molecule has 0 aliphatic carbocycles. The van der Waals surface area contributed by atoms with Gasteiger partial charge in [0.25, 0.3) is 0 Å². The third-order valence-corrected chi connectivity index (χ3v) is 2.82. The number of hydrogen-bond acceptors (Lipinski definition) is 4. The van der Waals surface area contributed by atoms with Gasteiger partial charge in [0.1, 0.15) is 0 Å². The van der Waals surface area contributed by atoms with Crippen molar-refractivity contribution in [3.05, 3.63) is 0 Å². The molecule has 118 valence electrons. The van der Waals surface area contributed by atoms with Gasteiger partial charge < -0.3 is 10.2 Å². The van der Waals surface area contributed by atoms with E-state index in [4.69, 9.17) is 20.0 Å². The lowest BCUT2D eigenvalue weighted by Gasteiger charge is -2.04. The first-order valence-corrected chi connectivity index (χ1v) is 7.31. The third-order valence-electron chi connectivity index (χ3n) is 2.82. The van der Waals surface area contributed by atoms with Crippen LogP contribution in [0.5, 0.6) is 0 Å². The topological polar surface area (TPSA) is 93.1 Å². The Morgan fingerprint density at radius 3 is 1.30 bits per heavy atom. The third kappa shape index (κ3) is 16.9. The van der Waals surface area contributed by atoms with Gasteiger partial charge in [-0.25, -0.2) is 9.78 Å². The summed E-state index contributed by atoms with van der Waals surface area (Å²) in [7, 11) is 0. The van der Waals surface area contributed by atoms with Crippen molar-refractivity contribution in [3.8, 4) is 0 Å².